The van der Waals surface area contributed by atoms with Gasteiger partial charge in [-0.15, -0.1) is 0 Å². The van der Waals surface area contributed by atoms with Gasteiger partial charge in [-0.3, -0.25) is 4.79 Å². The number of ether oxygens (including phenoxy) is 3. The monoisotopic (exact) mass is 387 g/mol. The number of esters is 1. The second kappa shape index (κ2) is 10.1. The molecule has 28 heavy (non-hydrogen) atoms. The smallest absolute Gasteiger partial charge is 0.331 e. The Morgan fingerprint density at radius 1 is 1.07 bits per heavy atom. The Kier molecular flexibility index (Phi) is 7.56. The highest BCUT2D eigenvalue weighted by Crippen LogP contribution is 2.25. The van der Waals surface area contributed by atoms with Gasteiger partial charge in [0.2, 0.25) is 0 Å². The van der Waals surface area contributed by atoms with E-state index < -0.39 is 12.6 Å². The molecule has 2 aromatic carbocycles. The topological polar surface area (TPSA) is 65.1 Å². The van der Waals surface area contributed by atoms with E-state index in [9.17, 15) is 14.0 Å². The molecule has 0 spiro atoms. The van der Waals surface area contributed by atoms with E-state index in [0.717, 1.165) is 5.56 Å². The predicted octanol–water partition coefficient (Wildman–Crippen LogP) is 3.06. The zero-order valence-electron chi connectivity index (χ0n) is 16.0. The average molecular weight is 387 g/mol. The van der Waals surface area contributed by atoms with Crippen molar-refractivity contribution >= 4 is 18.0 Å². The van der Waals surface area contributed by atoms with Gasteiger partial charge in [-0.25, -0.2) is 9.18 Å². The number of methoxy groups -OCH3 is 2. The number of carbonyl (C=O) groups is 2. The van der Waals surface area contributed by atoms with Crippen molar-refractivity contribution in [2.75, 3.05) is 27.9 Å². The molecule has 6 nitrogen and oxygen atoms in total. The van der Waals surface area contributed by atoms with Gasteiger partial charge in [0.05, 0.1) is 14.2 Å². The van der Waals surface area contributed by atoms with Crippen LogP contribution in [0.25, 0.3) is 6.08 Å². The van der Waals surface area contributed by atoms with Crippen LogP contribution in [0.3, 0.4) is 0 Å². The molecule has 0 heterocycles. The minimum atomic E-state index is -0.659. The molecule has 0 unspecified atom stereocenters. The summed E-state index contributed by atoms with van der Waals surface area (Å²) >= 11 is 0. The maximum absolute atomic E-state index is 12.9. The zero-order chi connectivity index (χ0) is 20.5. The molecule has 7 heteroatoms. The third-order valence-corrected chi connectivity index (χ3v) is 3.93. The molecule has 2 aromatic rings. The van der Waals surface area contributed by atoms with Crippen LogP contribution in [0.2, 0.25) is 0 Å². The number of carbonyl (C=O) groups excluding carboxylic acids is 2. The number of rotatable bonds is 8. The minimum Gasteiger partial charge on any atom is -0.497 e. The molecule has 0 aliphatic heterocycles. The summed E-state index contributed by atoms with van der Waals surface area (Å²) in [7, 11) is 4.64. The Balaban J connectivity index is 1.88. The van der Waals surface area contributed by atoms with Crippen molar-refractivity contribution in [3.63, 3.8) is 0 Å². The van der Waals surface area contributed by atoms with Crippen LogP contribution in [0.1, 0.15) is 11.1 Å². The molecule has 0 radical (unpaired) electrons. The van der Waals surface area contributed by atoms with Gasteiger partial charge >= 0.3 is 5.97 Å². The number of likely N-dealkylation sites (N-methyl/N-ethyl adjacent to an activating group) is 1. The highest BCUT2D eigenvalue weighted by molar-refractivity contribution is 5.89. The lowest BCUT2D eigenvalue weighted by Gasteiger charge is -2.17. The summed E-state index contributed by atoms with van der Waals surface area (Å²) in [5.74, 6) is -0.184. The summed E-state index contributed by atoms with van der Waals surface area (Å²) in [6.07, 6.45) is 2.74. The van der Waals surface area contributed by atoms with Crippen LogP contribution < -0.4 is 9.47 Å². The van der Waals surface area contributed by atoms with Crippen molar-refractivity contribution < 1.29 is 28.2 Å². The van der Waals surface area contributed by atoms with Gasteiger partial charge in [0.15, 0.2) is 6.61 Å². The highest BCUT2D eigenvalue weighted by atomic mass is 19.1. The number of halogens is 1. The Morgan fingerprint density at radius 2 is 1.79 bits per heavy atom. The van der Waals surface area contributed by atoms with Crippen LogP contribution >= 0.6 is 0 Å². The SMILES string of the molecule is COc1ccc(OC)c(/C=C/C(=O)OCC(=O)N(C)Cc2ccc(F)cc2)c1. The number of nitrogens with zero attached hydrogens (tertiary/aromatic N) is 1. The fraction of sp³-hybridized carbons (Fsp3) is 0.238. The first-order chi connectivity index (χ1) is 13.4. The highest BCUT2D eigenvalue weighted by Gasteiger charge is 2.12. The van der Waals surface area contributed by atoms with Crippen molar-refractivity contribution in [1.29, 1.82) is 0 Å². The molecular formula is C21H22FNO5. The third-order valence-electron chi connectivity index (χ3n) is 3.93. The van der Waals surface area contributed by atoms with Crippen molar-refractivity contribution in [2.45, 2.75) is 6.54 Å². The fourth-order valence-electron chi connectivity index (χ4n) is 2.37. The van der Waals surface area contributed by atoms with Gasteiger partial charge in [0.1, 0.15) is 17.3 Å². The second-order valence-electron chi connectivity index (χ2n) is 5.93. The van der Waals surface area contributed by atoms with Gasteiger partial charge in [-0.2, -0.15) is 0 Å². The first-order valence-corrected chi connectivity index (χ1v) is 8.48. The molecule has 2 rings (SSSR count). The molecule has 0 saturated carbocycles. The van der Waals surface area contributed by atoms with Gasteiger partial charge in [-0.1, -0.05) is 12.1 Å². The van der Waals surface area contributed by atoms with Crippen molar-refractivity contribution in [2.24, 2.45) is 0 Å². The number of hydrogen-bond acceptors (Lipinski definition) is 5. The maximum atomic E-state index is 12.9. The Labute approximate surface area is 163 Å². The average Bonchev–Trinajstić information content (AvgIpc) is 2.71. The summed E-state index contributed by atoms with van der Waals surface area (Å²) < 4.78 is 28.3. The van der Waals surface area contributed by atoms with E-state index in [1.54, 1.807) is 37.4 Å². The maximum Gasteiger partial charge on any atom is 0.331 e. The lowest BCUT2D eigenvalue weighted by atomic mass is 10.1. The summed E-state index contributed by atoms with van der Waals surface area (Å²) in [6, 6.07) is 11.0. The molecule has 0 atom stereocenters. The van der Waals surface area contributed by atoms with Crippen LogP contribution in [0.15, 0.2) is 48.5 Å². The number of benzene rings is 2. The van der Waals surface area contributed by atoms with E-state index in [2.05, 4.69) is 0 Å². The quantitative estimate of drug-likeness (QED) is 0.515. The van der Waals surface area contributed by atoms with Crippen LogP contribution in [-0.4, -0.2) is 44.7 Å². The molecule has 0 aliphatic rings. The minimum absolute atomic E-state index is 0.285. The third kappa shape index (κ3) is 6.12. The zero-order valence-corrected chi connectivity index (χ0v) is 16.0. The van der Waals surface area contributed by atoms with Crippen molar-refractivity contribution in [1.82, 2.24) is 4.90 Å². The molecule has 0 N–H and O–H groups in total. The van der Waals surface area contributed by atoms with Crippen LogP contribution in [0, 0.1) is 5.82 Å². The fourth-order valence-corrected chi connectivity index (χ4v) is 2.37. The van der Waals surface area contributed by atoms with E-state index in [-0.39, 0.29) is 18.3 Å². The molecule has 0 saturated heterocycles. The summed E-state index contributed by atoms with van der Waals surface area (Å²) in [6.45, 7) is -0.108. The summed E-state index contributed by atoms with van der Waals surface area (Å²) in [5, 5.41) is 0. The van der Waals surface area contributed by atoms with Crippen LogP contribution in [-0.2, 0) is 20.9 Å². The molecule has 0 fully saturated rings. The Bertz CT molecular complexity index is 848. The first kappa shape index (κ1) is 21.0. The molecule has 0 aliphatic carbocycles. The Morgan fingerprint density at radius 3 is 2.43 bits per heavy atom. The van der Waals surface area contributed by atoms with E-state index in [0.29, 0.717) is 17.1 Å². The Hall–Kier alpha value is -3.35. The molecule has 0 aromatic heterocycles. The molecule has 148 valence electrons. The molecular weight excluding hydrogens is 365 g/mol. The normalized spacial score (nSPS) is 10.6. The van der Waals surface area contributed by atoms with Gasteiger partial charge < -0.3 is 19.1 Å². The molecule has 0 bridgehead atoms. The van der Waals surface area contributed by atoms with Crippen molar-refractivity contribution in [3.8, 4) is 11.5 Å². The van der Waals surface area contributed by atoms with Crippen LogP contribution in [0.4, 0.5) is 4.39 Å². The second-order valence-corrected chi connectivity index (χ2v) is 5.93. The molecule has 1 amide bonds. The van der Waals surface area contributed by atoms with E-state index >= 15 is 0 Å². The summed E-state index contributed by atoms with van der Waals surface area (Å²) in [4.78, 5) is 25.4. The van der Waals surface area contributed by atoms with Crippen LogP contribution in [0.5, 0.6) is 11.5 Å². The number of amides is 1. The largest absolute Gasteiger partial charge is 0.497 e. The van der Waals surface area contributed by atoms with E-state index in [1.165, 1.54) is 43.4 Å². The predicted molar refractivity (Wildman–Crippen MR) is 102 cm³/mol. The van der Waals surface area contributed by atoms with Crippen molar-refractivity contribution in [3.05, 3.63) is 65.5 Å². The van der Waals surface area contributed by atoms with E-state index in [1.807, 2.05) is 0 Å². The van der Waals surface area contributed by atoms with Gasteiger partial charge in [-0.05, 0) is 42.0 Å². The van der Waals surface area contributed by atoms with Gasteiger partial charge in [0.25, 0.3) is 5.91 Å². The first-order valence-electron chi connectivity index (χ1n) is 8.48. The van der Waals surface area contributed by atoms with Gasteiger partial charge in [0, 0.05) is 25.2 Å². The lowest BCUT2D eigenvalue weighted by Crippen LogP contribution is -2.30. The summed E-state index contributed by atoms with van der Waals surface area (Å²) in [5.41, 5.74) is 1.41. The standard InChI is InChI=1S/C21H22FNO5/c1-23(13-15-4-7-17(22)8-5-15)20(24)14-28-21(25)11-6-16-12-18(26-2)9-10-19(16)27-3/h4-12H,13-14H2,1-3H3/b11-6+. The lowest BCUT2D eigenvalue weighted by molar-refractivity contribution is -0.147. The van der Waals surface area contributed by atoms with E-state index in [4.69, 9.17) is 14.2 Å². The number of hydrogen-bond donors (Lipinski definition) is 0.